The van der Waals surface area contributed by atoms with Gasteiger partial charge < -0.3 is 15.2 Å². The molecule has 2 atom stereocenters. The summed E-state index contributed by atoms with van der Waals surface area (Å²) in [4.78, 5) is 16.1. The molecule has 204 valence electrons. The van der Waals surface area contributed by atoms with Gasteiger partial charge in [0.1, 0.15) is 5.75 Å². The second kappa shape index (κ2) is 11.4. The molecule has 0 saturated carbocycles. The van der Waals surface area contributed by atoms with Gasteiger partial charge in [0.25, 0.3) is 0 Å². The molecule has 0 amide bonds. The highest BCUT2D eigenvalue weighted by atomic mass is 19.4. The highest BCUT2D eigenvalue weighted by molar-refractivity contribution is 5.79. The van der Waals surface area contributed by atoms with Crippen LogP contribution in [0.15, 0.2) is 84.3 Å². The Bertz CT molecular complexity index is 1380. The number of carbonyl (C=O) groups is 1. The van der Waals surface area contributed by atoms with Gasteiger partial charge in [-0.25, -0.2) is 0 Å². The third-order valence-electron chi connectivity index (χ3n) is 6.90. The minimum absolute atomic E-state index is 0.0935. The molecule has 1 aromatic heterocycles. The zero-order valence-electron chi connectivity index (χ0n) is 22.0. The van der Waals surface area contributed by atoms with Crippen LogP contribution in [-0.2, 0) is 4.79 Å². The Morgan fingerprint density at radius 3 is 2.62 bits per heavy atom. The average Bonchev–Trinajstić information content (AvgIpc) is 3.14. The van der Waals surface area contributed by atoms with Crippen LogP contribution < -0.4 is 10.1 Å². The van der Waals surface area contributed by atoms with Crippen LogP contribution in [-0.4, -0.2) is 22.4 Å². The van der Waals surface area contributed by atoms with Crippen molar-refractivity contribution in [1.29, 1.82) is 0 Å². The summed E-state index contributed by atoms with van der Waals surface area (Å²) in [5.74, 6) is -0.865. The number of rotatable bonds is 8. The van der Waals surface area contributed by atoms with Crippen LogP contribution in [0.4, 0.5) is 13.2 Å². The van der Waals surface area contributed by atoms with E-state index in [-0.39, 0.29) is 17.6 Å². The number of hydrogen-bond acceptors (Lipinski definition) is 4. The molecule has 0 fully saturated rings. The predicted octanol–water partition coefficient (Wildman–Crippen LogP) is 7.62. The zero-order valence-corrected chi connectivity index (χ0v) is 22.0. The van der Waals surface area contributed by atoms with Gasteiger partial charge in [-0.2, -0.15) is 0 Å². The first-order valence-electron chi connectivity index (χ1n) is 12.8. The number of carboxylic acids is 1. The molecule has 2 aromatic rings. The maximum atomic E-state index is 12.9. The van der Waals surface area contributed by atoms with E-state index in [9.17, 15) is 23.1 Å². The number of carboxylic acid groups (broad SMARTS) is 1. The lowest BCUT2D eigenvalue weighted by Crippen LogP contribution is -2.26. The SMILES string of the molecule is CC(CC(C)(C)C(=O)O)C1=CCC(c2ccc(C3=C=CCC=C(c4ccccc4OC(F)(F)F)N3)cn2)C=C1. The van der Waals surface area contributed by atoms with Crippen LogP contribution >= 0.6 is 0 Å². The molecule has 4 rings (SSSR count). The molecule has 0 radical (unpaired) electrons. The summed E-state index contributed by atoms with van der Waals surface area (Å²) >= 11 is 0. The van der Waals surface area contributed by atoms with Gasteiger partial charge in [-0.05, 0) is 74.9 Å². The normalized spacial score (nSPS) is 18.3. The van der Waals surface area contributed by atoms with E-state index in [2.05, 4.69) is 39.0 Å². The smallest absolute Gasteiger partial charge is 0.481 e. The van der Waals surface area contributed by atoms with E-state index >= 15 is 0 Å². The van der Waals surface area contributed by atoms with Crippen molar-refractivity contribution in [3.63, 3.8) is 0 Å². The number of allylic oxidation sites excluding steroid dienone is 6. The van der Waals surface area contributed by atoms with Crippen molar-refractivity contribution in [2.24, 2.45) is 11.3 Å². The summed E-state index contributed by atoms with van der Waals surface area (Å²) in [6.07, 6.45) is 8.63. The number of nitrogens with one attached hydrogen (secondary N) is 1. The lowest BCUT2D eigenvalue weighted by Gasteiger charge is -2.26. The number of halogens is 3. The summed E-state index contributed by atoms with van der Waals surface area (Å²) in [5.41, 5.74) is 6.52. The number of nitrogens with zero attached hydrogens (tertiary/aromatic N) is 1. The fraction of sp³-hybridized carbons (Fsp3) is 0.323. The average molecular weight is 537 g/mol. The standard InChI is InChI=1S/C31H31F3N2O3/c1-20(18-30(2,3)29(37)38)21-12-14-22(15-13-21)25-17-16-23(19-35-25)26-9-5-6-10-27(36-26)24-8-4-7-11-28(24)39-31(32,33)34/h4-5,7-8,10-14,16-17,19-20,22,36H,6,15,18H2,1-3H3,(H,37,38). The van der Waals surface area contributed by atoms with Crippen molar-refractivity contribution in [3.05, 3.63) is 101 Å². The Morgan fingerprint density at radius 1 is 1.21 bits per heavy atom. The number of alkyl halides is 3. The molecule has 5 nitrogen and oxygen atoms in total. The van der Waals surface area contributed by atoms with Crippen molar-refractivity contribution in [2.45, 2.75) is 52.3 Å². The van der Waals surface area contributed by atoms with Gasteiger partial charge in [-0.1, -0.05) is 49.1 Å². The van der Waals surface area contributed by atoms with Crippen LogP contribution in [0, 0.1) is 11.3 Å². The van der Waals surface area contributed by atoms with E-state index in [1.54, 1.807) is 44.3 Å². The van der Waals surface area contributed by atoms with Gasteiger partial charge in [-0.3, -0.25) is 9.78 Å². The Balaban J connectivity index is 1.45. The number of aromatic nitrogens is 1. The number of ether oxygens (including phenoxy) is 1. The summed E-state index contributed by atoms with van der Waals surface area (Å²) in [5, 5.41) is 12.6. The van der Waals surface area contributed by atoms with Crippen molar-refractivity contribution in [3.8, 4) is 5.75 Å². The van der Waals surface area contributed by atoms with Gasteiger partial charge in [0, 0.05) is 34.6 Å². The minimum Gasteiger partial charge on any atom is -0.481 e. The molecular formula is C31H31F3N2O3. The largest absolute Gasteiger partial charge is 0.573 e. The Labute approximate surface area is 226 Å². The molecule has 8 heteroatoms. The molecule has 39 heavy (non-hydrogen) atoms. The Hall–Kier alpha value is -4.03. The molecule has 0 spiro atoms. The summed E-state index contributed by atoms with van der Waals surface area (Å²) in [6, 6.07) is 9.86. The Morgan fingerprint density at radius 2 is 1.97 bits per heavy atom. The zero-order chi connectivity index (χ0) is 28.2. The summed E-state index contributed by atoms with van der Waals surface area (Å²) in [7, 11) is 0. The molecule has 0 saturated heterocycles. The van der Waals surface area contributed by atoms with Crippen molar-refractivity contribution in [1.82, 2.24) is 10.3 Å². The molecule has 1 aromatic carbocycles. The summed E-state index contributed by atoms with van der Waals surface area (Å²) in [6.45, 7) is 5.54. The second-order valence-electron chi connectivity index (χ2n) is 10.4. The topological polar surface area (TPSA) is 71.5 Å². The molecule has 1 aliphatic carbocycles. The highest BCUT2D eigenvalue weighted by Gasteiger charge is 2.33. The van der Waals surface area contributed by atoms with Gasteiger partial charge in [0.15, 0.2) is 0 Å². The fourth-order valence-corrected chi connectivity index (χ4v) is 4.76. The molecule has 2 aliphatic rings. The van der Waals surface area contributed by atoms with E-state index in [0.29, 0.717) is 29.8 Å². The first-order chi connectivity index (χ1) is 18.4. The van der Waals surface area contributed by atoms with Crippen LogP contribution in [0.1, 0.15) is 62.8 Å². The molecule has 2 heterocycles. The lowest BCUT2D eigenvalue weighted by atomic mass is 9.78. The third-order valence-corrected chi connectivity index (χ3v) is 6.90. The van der Waals surface area contributed by atoms with Crippen LogP contribution in [0.3, 0.4) is 0 Å². The first-order valence-corrected chi connectivity index (χ1v) is 12.8. The first kappa shape index (κ1) is 28.0. The number of benzene rings is 1. The Kier molecular flexibility index (Phi) is 8.17. The second-order valence-corrected chi connectivity index (χ2v) is 10.4. The van der Waals surface area contributed by atoms with E-state index in [4.69, 9.17) is 0 Å². The number of aliphatic carboxylic acids is 1. The number of pyridine rings is 1. The number of para-hydroxylation sites is 1. The molecular weight excluding hydrogens is 505 g/mol. The summed E-state index contributed by atoms with van der Waals surface area (Å²) < 4.78 is 43.0. The van der Waals surface area contributed by atoms with Crippen molar-refractivity contribution < 1.29 is 27.8 Å². The quantitative estimate of drug-likeness (QED) is 0.340. The fourth-order valence-electron chi connectivity index (χ4n) is 4.76. The van der Waals surface area contributed by atoms with E-state index in [0.717, 1.165) is 23.3 Å². The van der Waals surface area contributed by atoms with E-state index in [1.165, 1.54) is 12.1 Å². The highest BCUT2D eigenvalue weighted by Crippen LogP contribution is 2.35. The van der Waals surface area contributed by atoms with E-state index < -0.39 is 17.7 Å². The third kappa shape index (κ3) is 7.09. The van der Waals surface area contributed by atoms with Crippen LogP contribution in [0.5, 0.6) is 5.75 Å². The molecule has 0 bridgehead atoms. The van der Waals surface area contributed by atoms with Gasteiger partial charge in [0.2, 0.25) is 0 Å². The monoisotopic (exact) mass is 536 g/mol. The maximum absolute atomic E-state index is 12.9. The van der Waals surface area contributed by atoms with Crippen molar-refractivity contribution >= 4 is 17.4 Å². The molecule has 1 aliphatic heterocycles. The molecule has 2 N–H and O–H groups in total. The predicted molar refractivity (Wildman–Crippen MR) is 144 cm³/mol. The van der Waals surface area contributed by atoms with Gasteiger partial charge >= 0.3 is 12.3 Å². The molecule has 2 unspecified atom stereocenters. The maximum Gasteiger partial charge on any atom is 0.573 e. The van der Waals surface area contributed by atoms with Gasteiger partial charge in [0.05, 0.1) is 11.1 Å². The number of hydrogen-bond donors (Lipinski definition) is 2. The minimum atomic E-state index is -4.80. The van der Waals surface area contributed by atoms with E-state index in [1.807, 2.05) is 19.1 Å². The van der Waals surface area contributed by atoms with Crippen LogP contribution in [0.2, 0.25) is 0 Å². The van der Waals surface area contributed by atoms with Crippen LogP contribution in [0.25, 0.3) is 11.4 Å². The van der Waals surface area contributed by atoms with Gasteiger partial charge in [-0.15, -0.1) is 13.2 Å². The van der Waals surface area contributed by atoms with Crippen molar-refractivity contribution in [2.75, 3.05) is 0 Å². The lowest BCUT2D eigenvalue weighted by molar-refractivity contribution is -0.274.